The average molecular weight is 392 g/mol. The number of rotatable bonds is 8. The number of ether oxygens (including phenoxy) is 2. The molecular formula is C19H24N2O5S. The van der Waals surface area contributed by atoms with Crippen LogP contribution in [0.4, 0.5) is 11.4 Å². The minimum atomic E-state index is -3.60. The maximum absolute atomic E-state index is 12.3. The molecule has 2 aromatic rings. The summed E-state index contributed by atoms with van der Waals surface area (Å²) >= 11 is 0. The van der Waals surface area contributed by atoms with E-state index in [0.29, 0.717) is 5.69 Å². The first-order valence-corrected chi connectivity index (χ1v) is 10.3. The summed E-state index contributed by atoms with van der Waals surface area (Å²) in [6, 6.07) is 10.7. The number of aryl methyl sites for hydroxylation is 1. The Morgan fingerprint density at radius 1 is 1.04 bits per heavy atom. The fourth-order valence-corrected chi connectivity index (χ4v) is 3.77. The average Bonchev–Trinajstić information content (AvgIpc) is 2.65. The van der Waals surface area contributed by atoms with Crippen molar-refractivity contribution in [3.63, 3.8) is 0 Å². The van der Waals surface area contributed by atoms with Crippen molar-refractivity contribution in [1.29, 1.82) is 0 Å². The van der Waals surface area contributed by atoms with E-state index >= 15 is 0 Å². The van der Waals surface area contributed by atoms with E-state index in [0.717, 1.165) is 23.9 Å². The summed E-state index contributed by atoms with van der Waals surface area (Å²) in [5.74, 6) is 0.0366. The van der Waals surface area contributed by atoms with Gasteiger partial charge in [0.2, 0.25) is 5.91 Å². The molecule has 0 unspecified atom stereocenters. The van der Waals surface area contributed by atoms with E-state index in [1.165, 1.54) is 20.3 Å². The zero-order valence-electron chi connectivity index (χ0n) is 15.8. The lowest BCUT2D eigenvalue weighted by molar-refractivity contribution is -0.114. The zero-order chi connectivity index (χ0) is 20.0. The van der Waals surface area contributed by atoms with Crippen LogP contribution < -0.4 is 20.1 Å². The minimum absolute atomic E-state index is 0.0516. The Morgan fingerprint density at radius 3 is 2.33 bits per heavy atom. The number of methoxy groups -OCH3 is 2. The third kappa shape index (κ3) is 4.91. The number of carbonyl (C=O) groups excluding carboxylic acids is 1. The first-order chi connectivity index (χ1) is 12.8. The van der Waals surface area contributed by atoms with Gasteiger partial charge >= 0.3 is 0 Å². The number of hydrogen-bond donors (Lipinski definition) is 2. The summed E-state index contributed by atoms with van der Waals surface area (Å²) in [6.45, 7) is 1.96. The topological polar surface area (TPSA) is 93.7 Å². The van der Waals surface area contributed by atoms with Gasteiger partial charge in [-0.25, -0.2) is 8.42 Å². The van der Waals surface area contributed by atoms with E-state index in [2.05, 4.69) is 10.6 Å². The summed E-state index contributed by atoms with van der Waals surface area (Å²) < 4.78 is 34.7. The first-order valence-electron chi connectivity index (χ1n) is 8.38. The number of nitrogens with one attached hydrogen (secondary N) is 2. The third-order valence-corrected chi connectivity index (χ3v) is 5.11. The lowest BCUT2D eigenvalue weighted by atomic mass is 10.1. The molecule has 0 atom stereocenters. The first kappa shape index (κ1) is 20.6. The Morgan fingerprint density at radius 2 is 1.74 bits per heavy atom. The lowest BCUT2D eigenvalue weighted by Gasteiger charge is -2.17. The van der Waals surface area contributed by atoms with Crippen molar-refractivity contribution in [2.75, 3.05) is 37.7 Å². The van der Waals surface area contributed by atoms with E-state index in [9.17, 15) is 13.2 Å². The maximum atomic E-state index is 12.3. The number of carbonyl (C=O) groups is 1. The van der Waals surface area contributed by atoms with Gasteiger partial charge in [-0.1, -0.05) is 25.1 Å². The fourth-order valence-electron chi connectivity index (χ4n) is 2.72. The highest BCUT2D eigenvalue weighted by molar-refractivity contribution is 7.91. The van der Waals surface area contributed by atoms with E-state index in [1.54, 1.807) is 6.07 Å². The molecule has 0 heterocycles. The Bertz CT molecular complexity index is 926. The number of para-hydroxylation sites is 1. The number of anilines is 2. The normalized spacial score (nSPS) is 11.0. The summed E-state index contributed by atoms with van der Waals surface area (Å²) in [7, 11) is -0.846. The molecule has 0 aliphatic heterocycles. The predicted octanol–water partition coefficient (Wildman–Crippen LogP) is 2.72. The molecule has 2 N–H and O–H groups in total. The van der Waals surface area contributed by atoms with E-state index < -0.39 is 9.84 Å². The lowest BCUT2D eigenvalue weighted by Crippen LogP contribution is -2.22. The molecule has 0 aromatic heterocycles. The van der Waals surface area contributed by atoms with Crippen LogP contribution in [0, 0.1) is 0 Å². The van der Waals surface area contributed by atoms with Crippen LogP contribution in [-0.4, -0.2) is 41.3 Å². The molecule has 2 aromatic carbocycles. The van der Waals surface area contributed by atoms with Gasteiger partial charge in [0.25, 0.3) is 0 Å². The quantitative estimate of drug-likeness (QED) is 0.717. The van der Waals surface area contributed by atoms with Crippen molar-refractivity contribution in [3.8, 4) is 11.5 Å². The standard InChI is InChI=1S/C19H24N2O5S/c1-5-13-8-6-7-9-14(13)21-17(22)12-20-15-10-11-16(25-2)19(18(15)26-3)27(4,23)24/h6-11,20H,5,12H2,1-4H3,(H,21,22). The second kappa shape index (κ2) is 8.77. The van der Waals surface area contributed by atoms with Gasteiger partial charge in [0.1, 0.15) is 5.75 Å². The van der Waals surface area contributed by atoms with Crippen molar-refractivity contribution >= 4 is 27.1 Å². The molecular weight excluding hydrogens is 368 g/mol. The molecule has 0 saturated heterocycles. The third-order valence-electron chi connectivity index (χ3n) is 3.98. The summed E-state index contributed by atoms with van der Waals surface area (Å²) in [5.41, 5.74) is 2.18. The van der Waals surface area contributed by atoms with Gasteiger partial charge in [-0.3, -0.25) is 4.79 Å². The Balaban J connectivity index is 2.21. The number of amides is 1. The van der Waals surface area contributed by atoms with Crippen molar-refractivity contribution in [3.05, 3.63) is 42.0 Å². The fraction of sp³-hybridized carbons (Fsp3) is 0.316. The van der Waals surface area contributed by atoms with Crippen molar-refractivity contribution in [2.24, 2.45) is 0 Å². The molecule has 0 aliphatic carbocycles. The summed E-state index contributed by atoms with van der Waals surface area (Å²) in [4.78, 5) is 12.2. The molecule has 2 rings (SSSR count). The molecule has 0 fully saturated rings. The minimum Gasteiger partial charge on any atom is -0.495 e. The second-order valence-electron chi connectivity index (χ2n) is 5.86. The molecule has 0 spiro atoms. The number of benzene rings is 2. The van der Waals surface area contributed by atoms with Crippen molar-refractivity contribution < 1.29 is 22.7 Å². The SMILES string of the molecule is CCc1ccccc1NC(=O)CNc1ccc(OC)c(S(C)(=O)=O)c1OC. The molecule has 8 heteroatoms. The van der Waals surface area contributed by atoms with Gasteiger partial charge in [0, 0.05) is 11.9 Å². The molecule has 7 nitrogen and oxygen atoms in total. The van der Waals surface area contributed by atoms with Crippen LogP contribution in [-0.2, 0) is 21.1 Å². The van der Waals surface area contributed by atoms with Crippen LogP contribution in [0.5, 0.6) is 11.5 Å². The van der Waals surface area contributed by atoms with E-state index in [1.807, 2.05) is 31.2 Å². The van der Waals surface area contributed by atoms with E-state index in [-0.39, 0.29) is 28.8 Å². The van der Waals surface area contributed by atoms with E-state index in [4.69, 9.17) is 9.47 Å². The van der Waals surface area contributed by atoms with Gasteiger partial charge in [-0.2, -0.15) is 0 Å². The van der Waals surface area contributed by atoms with Gasteiger partial charge < -0.3 is 20.1 Å². The van der Waals surface area contributed by atoms with Crippen LogP contribution >= 0.6 is 0 Å². The maximum Gasteiger partial charge on any atom is 0.243 e. The molecule has 1 amide bonds. The van der Waals surface area contributed by atoms with Gasteiger partial charge in [0.15, 0.2) is 20.5 Å². The Hall–Kier alpha value is -2.74. The van der Waals surface area contributed by atoms with Gasteiger partial charge in [0.05, 0.1) is 26.5 Å². The Kier molecular flexibility index (Phi) is 6.68. The van der Waals surface area contributed by atoms with Gasteiger partial charge in [-0.05, 0) is 30.2 Å². The molecule has 0 radical (unpaired) electrons. The van der Waals surface area contributed by atoms with Crippen LogP contribution in [0.1, 0.15) is 12.5 Å². The molecule has 0 aliphatic rings. The van der Waals surface area contributed by atoms with Crippen molar-refractivity contribution in [2.45, 2.75) is 18.2 Å². The summed E-state index contributed by atoms with van der Waals surface area (Å²) in [6.07, 6.45) is 1.87. The van der Waals surface area contributed by atoms with Crippen LogP contribution in [0.15, 0.2) is 41.3 Å². The zero-order valence-corrected chi connectivity index (χ0v) is 16.6. The molecule has 0 saturated carbocycles. The predicted molar refractivity (Wildman–Crippen MR) is 106 cm³/mol. The molecule has 146 valence electrons. The van der Waals surface area contributed by atoms with Crippen LogP contribution in [0.3, 0.4) is 0 Å². The van der Waals surface area contributed by atoms with Crippen molar-refractivity contribution in [1.82, 2.24) is 0 Å². The molecule has 0 bridgehead atoms. The highest BCUT2D eigenvalue weighted by Crippen LogP contribution is 2.39. The monoisotopic (exact) mass is 392 g/mol. The summed E-state index contributed by atoms with van der Waals surface area (Å²) in [5, 5.41) is 5.78. The number of sulfone groups is 1. The highest BCUT2D eigenvalue weighted by Gasteiger charge is 2.23. The molecule has 27 heavy (non-hydrogen) atoms. The highest BCUT2D eigenvalue weighted by atomic mass is 32.2. The largest absolute Gasteiger partial charge is 0.495 e. The second-order valence-corrected chi connectivity index (χ2v) is 7.81. The van der Waals surface area contributed by atoms with Gasteiger partial charge in [-0.15, -0.1) is 0 Å². The van der Waals surface area contributed by atoms with Crippen LogP contribution in [0.2, 0.25) is 0 Å². The smallest absolute Gasteiger partial charge is 0.243 e. The van der Waals surface area contributed by atoms with Crippen LogP contribution in [0.25, 0.3) is 0 Å². The number of hydrogen-bond acceptors (Lipinski definition) is 6. The Labute approximate surface area is 159 Å².